The van der Waals surface area contributed by atoms with Crippen LogP contribution in [0.3, 0.4) is 0 Å². The Morgan fingerprint density at radius 3 is 2.81 bits per heavy atom. The van der Waals surface area contributed by atoms with Gasteiger partial charge in [0, 0.05) is 19.4 Å². The number of hydrogen-bond donors (Lipinski definition) is 1. The minimum absolute atomic E-state index is 0.130. The highest BCUT2D eigenvalue weighted by molar-refractivity contribution is 6.32. The molecule has 1 heterocycles. The smallest absolute Gasteiger partial charge is 0.220 e. The van der Waals surface area contributed by atoms with E-state index in [4.69, 9.17) is 25.8 Å². The first-order valence-corrected chi connectivity index (χ1v) is 9.11. The number of hydrogen-bond acceptors (Lipinski definition) is 4. The molecule has 27 heavy (non-hydrogen) atoms. The fourth-order valence-electron chi connectivity index (χ4n) is 2.80. The monoisotopic (exact) mass is 393 g/mol. The summed E-state index contributed by atoms with van der Waals surface area (Å²) in [4.78, 5) is 12.1. The number of nitrogens with one attached hydrogen (secondary N) is 1. The second-order valence-electron chi connectivity index (χ2n) is 6.20. The van der Waals surface area contributed by atoms with Crippen molar-refractivity contribution in [1.29, 1.82) is 0 Å². The van der Waals surface area contributed by atoms with Gasteiger partial charge in [-0.1, -0.05) is 17.7 Å². The molecule has 1 aliphatic heterocycles. The van der Waals surface area contributed by atoms with Gasteiger partial charge in [-0.05, 0) is 41.8 Å². The third-order valence-electron chi connectivity index (χ3n) is 4.21. The lowest BCUT2D eigenvalue weighted by Crippen LogP contribution is -2.23. The Hall–Kier alpha value is -2.47. The second kappa shape index (κ2) is 8.95. The normalized spacial score (nSPS) is 13.0. The molecule has 0 spiro atoms. The summed E-state index contributed by atoms with van der Waals surface area (Å²) < 4.78 is 29.8. The van der Waals surface area contributed by atoms with E-state index < -0.39 is 5.82 Å². The molecule has 7 heteroatoms. The largest absolute Gasteiger partial charge is 0.494 e. The molecule has 5 nitrogen and oxygen atoms in total. The first-order valence-electron chi connectivity index (χ1n) is 8.74. The molecule has 2 aromatic rings. The Kier molecular flexibility index (Phi) is 6.40. The number of benzene rings is 2. The minimum Gasteiger partial charge on any atom is -0.494 e. The number of carbonyl (C=O) groups excluding carboxylic acids is 1. The summed E-state index contributed by atoms with van der Waals surface area (Å²) in [6, 6.07) is 8.27. The van der Waals surface area contributed by atoms with E-state index in [-0.39, 0.29) is 18.1 Å². The van der Waals surface area contributed by atoms with Crippen molar-refractivity contribution in [2.75, 3.05) is 20.3 Å². The Bertz CT molecular complexity index is 828. The zero-order valence-electron chi connectivity index (χ0n) is 15.0. The zero-order chi connectivity index (χ0) is 19.2. The van der Waals surface area contributed by atoms with Crippen LogP contribution in [0.5, 0.6) is 17.2 Å². The molecule has 0 saturated carbocycles. The Balaban J connectivity index is 1.54. The van der Waals surface area contributed by atoms with Gasteiger partial charge in [0.15, 0.2) is 23.1 Å². The number of halogens is 2. The van der Waals surface area contributed by atoms with Gasteiger partial charge in [-0.3, -0.25) is 4.79 Å². The van der Waals surface area contributed by atoms with Crippen LogP contribution < -0.4 is 19.5 Å². The summed E-state index contributed by atoms with van der Waals surface area (Å²) >= 11 is 6.25. The third kappa shape index (κ3) is 5.04. The van der Waals surface area contributed by atoms with Crippen LogP contribution in [0.15, 0.2) is 30.3 Å². The average Bonchev–Trinajstić information content (AvgIpc) is 2.90. The maximum absolute atomic E-state index is 13.7. The molecule has 0 saturated heterocycles. The van der Waals surface area contributed by atoms with Crippen LogP contribution in [0.4, 0.5) is 4.39 Å². The maximum atomic E-state index is 13.7. The lowest BCUT2D eigenvalue weighted by atomic mass is 10.1. The molecule has 0 aliphatic carbocycles. The molecular formula is C20H21ClFNO4. The number of fused-ring (bicyclic) bond motifs is 1. The van der Waals surface area contributed by atoms with Crippen molar-refractivity contribution in [3.05, 3.63) is 52.3 Å². The van der Waals surface area contributed by atoms with E-state index in [1.165, 1.54) is 13.2 Å². The van der Waals surface area contributed by atoms with Crippen LogP contribution in [0.25, 0.3) is 0 Å². The Labute approximate surface area is 162 Å². The summed E-state index contributed by atoms with van der Waals surface area (Å²) in [5.41, 5.74) is 1.56. The number of amides is 1. The van der Waals surface area contributed by atoms with Gasteiger partial charge in [-0.25, -0.2) is 4.39 Å². The first kappa shape index (κ1) is 19.3. The van der Waals surface area contributed by atoms with E-state index in [1.54, 1.807) is 18.2 Å². The fourth-order valence-corrected chi connectivity index (χ4v) is 3.09. The van der Waals surface area contributed by atoms with Crippen molar-refractivity contribution in [2.45, 2.75) is 25.8 Å². The van der Waals surface area contributed by atoms with Gasteiger partial charge in [-0.2, -0.15) is 0 Å². The summed E-state index contributed by atoms with van der Waals surface area (Å²) in [5, 5.41) is 3.31. The molecule has 0 fully saturated rings. The van der Waals surface area contributed by atoms with E-state index in [2.05, 4.69) is 5.32 Å². The predicted molar refractivity (Wildman–Crippen MR) is 100 cm³/mol. The van der Waals surface area contributed by atoms with Crippen LogP contribution in [0.1, 0.15) is 24.0 Å². The number of ether oxygens (including phenoxy) is 3. The van der Waals surface area contributed by atoms with Crippen LogP contribution in [0, 0.1) is 5.82 Å². The van der Waals surface area contributed by atoms with Gasteiger partial charge < -0.3 is 19.5 Å². The lowest BCUT2D eigenvalue weighted by molar-refractivity contribution is -0.121. The number of aryl methyl sites for hydroxylation is 1. The fraction of sp³-hybridized carbons (Fsp3) is 0.350. The first-order chi connectivity index (χ1) is 13.1. The molecule has 144 valence electrons. The van der Waals surface area contributed by atoms with Crippen molar-refractivity contribution in [3.63, 3.8) is 0 Å². The minimum atomic E-state index is -0.433. The molecule has 1 N–H and O–H groups in total. The van der Waals surface area contributed by atoms with E-state index in [9.17, 15) is 9.18 Å². The van der Waals surface area contributed by atoms with Crippen molar-refractivity contribution in [2.24, 2.45) is 0 Å². The molecule has 1 aliphatic rings. The highest BCUT2D eigenvalue weighted by Gasteiger charge is 2.16. The predicted octanol–water partition coefficient (Wildman–Crippen LogP) is 3.90. The standard InChI is InChI=1S/C20H21ClFNO4/c1-25-17-5-3-13(10-16(17)22)4-6-19(24)23-12-14-9-15(21)20-18(11-14)26-7-2-8-27-20/h3,5,9-11H,2,4,6-8,12H2,1H3,(H,23,24). The summed E-state index contributed by atoms with van der Waals surface area (Å²) in [6.45, 7) is 1.46. The topological polar surface area (TPSA) is 56.8 Å². The van der Waals surface area contributed by atoms with Gasteiger partial charge in [0.2, 0.25) is 5.91 Å². The van der Waals surface area contributed by atoms with Crippen molar-refractivity contribution in [3.8, 4) is 17.2 Å². The van der Waals surface area contributed by atoms with Gasteiger partial charge in [0.25, 0.3) is 0 Å². The van der Waals surface area contributed by atoms with Gasteiger partial charge in [0.1, 0.15) is 0 Å². The van der Waals surface area contributed by atoms with E-state index in [0.29, 0.717) is 42.7 Å². The third-order valence-corrected chi connectivity index (χ3v) is 4.49. The van der Waals surface area contributed by atoms with Crippen LogP contribution in [-0.4, -0.2) is 26.2 Å². The maximum Gasteiger partial charge on any atom is 0.220 e. The molecule has 2 aromatic carbocycles. The highest BCUT2D eigenvalue weighted by Crippen LogP contribution is 2.37. The highest BCUT2D eigenvalue weighted by atomic mass is 35.5. The molecular weight excluding hydrogens is 373 g/mol. The number of carbonyl (C=O) groups is 1. The molecule has 0 bridgehead atoms. The summed E-state index contributed by atoms with van der Waals surface area (Å²) in [6.07, 6.45) is 1.49. The van der Waals surface area contributed by atoms with Crippen LogP contribution in [0.2, 0.25) is 5.02 Å². The van der Waals surface area contributed by atoms with Crippen LogP contribution in [-0.2, 0) is 17.8 Å². The van der Waals surface area contributed by atoms with Gasteiger partial charge >= 0.3 is 0 Å². The number of methoxy groups -OCH3 is 1. The molecule has 0 aromatic heterocycles. The van der Waals surface area contributed by atoms with Crippen molar-refractivity contribution < 1.29 is 23.4 Å². The Morgan fingerprint density at radius 2 is 2.04 bits per heavy atom. The lowest BCUT2D eigenvalue weighted by Gasteiger charge is -2.12. The van der Waals surface area contributed by atoms with E-state index >= 15 is 0 Å². The molecule has 1 amide bonds. The summed E-state index contributed by atoms with van der Waals surface area (Å²) in [5.74, 6) is 0.768. The quantitative estimate of drug-likeness (QED) is 0.808. The number of rotatable bonds is 6. The van der Waals surface area contributed by atoms with Crippen molar-refractivity contribution >= 4 is 17.5 Å². The second-order valence-corrected chi connectivity index (χ2v) is 6.61. The SMILES string of the molecule is COc1ccc(CCC(=O)NCc2cc(Cl)c3c(c2)OCCCO3)cc1F. The molecule has 3 rings (SSSR count). The molecule has 0 radical (unpaired) electrons. The van der Waals surface area contributed by atoms with Crippen LogP contribution >= 0.6 is 11.6 Å². The van der Waals surface area contributed by atoms with E-state index in [0.717, 1.165) is 17.5 Å². The van der Waals surface area contributed by atoms with Crippen molar-refractivity contribution in [1.82, 2.24) is 5.32 Å². The molecule has 0 unspecified atom stereocenters. The zero-order valence-corrected chi connectivity index (χ0v) is 15.8. The molecule has 0 atom stereocenters. The van der Waals surface area contributed by atoms with E-state index in [1.807, 2.05) is 6.07 Å². The Morgan fingerprint density at radius 1 is 1.22 bits per heavy atom. The summed E-state index contributed by atoms with van der Waals surface area (Å²) in [7, 11) is 1.41. The van der Waals surface area contributed by atoms with Gasteiger partial charge in [-0.15, -0.1) is 0 Å². The van der Waals surface area contributed by atoms with Gasteiger partial charge in [0.05, 0.1) is 25.3 Å². The average molecular weight is 394 g/mol.